The highest BCUT2D eigenvalue weighted by Crippen LogP contribution is 2.31. The second-order valence-electron chi connectivity index (χ2n) is 4.84. The fourth-order valence-corrected chi connectivity index (χ4v) is 2.28. The monoisotopic (exact) mass is 169 g/mol. The molecule has 1 heteroatoms. The van der Waals surface area contributed by atoms with E-state index in [9.17, 15) is 0 Å². The summed E-state index contributed by atoms with van der Waals surface area (Å²) in [7, 11) is 2.26. The Kier molecular flexibility index (Phi) is 3.16. The van der Waals surface area contributed by atoms with E-state index in [1.54, 1.807) is 0 Å². The van der Waals surface area contributed by atoms with Gasteiger partial charge in [0.2, 0.25) is 0 Å². The van der Waals surface area contributed by atoms with E-state index < -0.39 is 0 Å². The van der Waals surface area contributed by atoms with Crippen LogP contribution in [0.3, 0.4) is 0 Å². The second-order valence-corrected chi connectivity index (χ2v) is 4.84. The Morgan fingerprint density at radius 3 is 1.83 bits per heavy atom. The van der Waals surface area contributed by atoms with Crippen LogP contribution in [0, 0.1) is 11.8 Å². The van der Waals surface area contributed by atoms with E-state index in [0.717, 1.165) is 23.9 Å². The summed E-state index contributed by atoms with van der Waals surface area (Å²) in [4.78, 5) is 2.51. The molecule has 0 unspecified atom stereocenters. The zero-order valence-electron chi connectivity index (χ0n) is 9.17. The van der Waals surface area contributed by atoms with Crippen molar-refractivity contribution in [2.24, 2.45) is 11.8 Å². The predicted molar refractivity (Wildman–Crippen MR) is 54.2 cm³/mol. The minimum atomic E-state index is 0.779. The van der Waals surface area contributed by atoms with Crippen LogP contribution < -0.4 is 0 Å². The van der Waals surface area contributed by atoms with Crippen molar-refractivity contribution < 1.29 is 0 Å². The van der Waals surface area contributed by atoms with E-state index in [1.165, 1.54) is 12.8 Å². The topological polar surface area (TPSA) is 3.24 Å². The van der Waals surface area contributed by atoms with Gasteiger partial charge in [-0.15, -0.1) is 0 Å². The van der Waals surface area contributed by atoms with Crippen molar-refractivity contribution in [2.75, 3.05) is 7.05 Å². The summed E-state index contributed by atoms with van der Waals surface area (Å²) < 4.78 is 0. The zero-order valence-corrected chi connectivity index (χ0v) is 9.17. The smallest absolute Gasteiger partial charge is 0.00694 e. The third kappa shape index (κ3) is 2.01. The maximum Gasteiger partial charge on any atom is 0.00694 e. The molecule has 1 aliphatic rings. The lowest BCUT2D eigenvalue weighted by Gasteiger charge is -2.41. The first kappa shape index (κ1) is 10.0. The molecule has 1 fully saturated rings. The number of piperidine rings is 1. The van der Waals surface area contributed by atoms with Gasteiger partial charge in [0.1, 0.15) is 0 Å². The third-order valence-electron chi connectivity index (χ3n) is 3.62. The molecule has 0 aliphatic carbocycles. The molecule has 12 heavy (non-hydrogen) atoms. The van der Waals surface area contributed by atoms with Gasteiger partial charge in [-0.2, -0.15) is 0 Å². The molecule has 0 aromatic heterocycles. The van der Waals surface area contributed by atoms with Crippen LogP contribution in [0.4, 0.5) is 0 Å². The molecule has 0 saturated carbocycles. The Morgan fingerprint density at radius 2 is 1.50 bits per heavy atom. The van der Waals surface area contributed by atoms with Crippen molar-refractivity contribution in [2.45, 2.75) is 52.6 Å². The average molecular weight is 169 g/mol. The van der Waals surface area contributed by atoms with Gasteiger partial charge in [-0.25, -0.2) is 0 Å². The summed E-state index contributed by atoms with van der Waals surface area (Å²) in [5.74, 6) is 1.81. The molecule has 0 bridgehead atoms. The molecular formula is C11H23N. The van der Waals surface area contributed by atoms with Gasteiger partial charge in [-0.3, -0.25) is 0 Å². The molecule has 2 atom stereocenters. The predicted octanol–water partition coefficient (Wildman–Crippen LogP) is 2.76. The highest BCUT2D eigenvalue weighted by Gasteiger charge is 2.29. The molecule has 0 spiro atoms. The van der Waals surface area contributed by atoms with Crippen molar-refractivity contribution in [3.8, 4) is 0 Å². The van der Waals surface area contributed by atoms with E-state index in [-0.39, 0.29) is 0 Å². The normalized spacial score (nSPS) is 39.0. The lowest BCUT2D eigenvalue weighted by Crippen LogP contribution is -2.44. The lowest BCUT2D eigenvalue weighted by atomic mass is 9.80. The Labute approximate surface area is 77.1 Å². The fraction of sp³-hybridized carbons (Fsp3) is 1.00. The number of hydrogen-bond acceptors (Lipinski definition) is 1. The number of likely N-dealkylation sites (tertiary alicyclic amines) is 1. The Hall–Kier alpha value is -0.0400. The van der Waals surface area contributed by atoms with Gasteiger partial charge in [0, 0.05) is 12.1 Å². The van der Waals surface area contributed by atoms with Gasteiger partial charge in [-0.1, -0.05) is 13.8 Å². The quantitative estimate of drug-likeness (QED) is 0.583. The number of rotatable bonds is 1. The van der Waals surface area contributed by atoms with E-state index >= 15 is 0 Å². The number of hydrogen-bond donors (Lipinski definition) is 0. The van der Waals surface area contributed by atoms with Crippen LogP contribution >= 0.6 is 0 Å². The van der Waals surface area contributed by atoms with Gasteiger partial charge in [0.25, 0.3) is 0 Å². The molecule has 1 saturated heterocycles. The average Bonchev–Trinajstić information content (AvgIpc) is 1.99. The summed E-state index contributed by atoms with van der Waals surface area (Å²) >= 11 is 0. The van der Waals surface area contributed by atoms with Crippen molar-refractivity contribution >= 4 is 0 Å². The maximum absolute atomic E-state index is 2.51. The highest BCUT2D eigenvalue weighted by molar-refractivity contribution is 4.83. The van der Waals surface area contributed by atoms with Crippen LogP contribution in [0.15, 0.2) is 0 Å². The highest BCUT2D eigenvalue weighted by atomic mass is 15.2. The minimum Gasteiger partial charge on any atom is -0.301 e. The molecular weight excluding hydrogens is 146 g/mol. The molecule has 1 heterocycles. The van der Waals surface area contributed by atoms with Gasteiger partial charge in [0.05, 0.1) is 0 Å². The largest absolute Gasteiger partial charge is 0.301 e. The Bertz CT molecular complexity index is 130. The van der Waals surface area contributed by atoms with Gasteiger partial charge < -0.3 is 4.90 Å². The molecule has 0 aromatic rings. The van der Waals surface area contributed by atoms with Crippen LogP contribution in [0.5, 0.6) is 0 Å². The van der Waals surface area contributed by atoms with Crippen molar-refractivity contribution in [1.29, 1.82) is 0 Å². The van der Waals surface area contributed by atoms with E-state index in [1.807, 2.05) is 0 Å². The minimum absolute atomic E-state index is 0.779. The van der Waals surface area contributed by atoms with E-state index in [2.05, 4.69) is 39.6 Å². The molecule has 72 valence electrons. The first-order chi connectivity index (χ1) is 5.52. The van der Waals surface area contributed by atoms with Gasteiger partial charge in [-0.05, 0) is 45.6 Å². The zero-order chi connectivity index (χ0) is 9.30. The Morgan fingerprint density at radius 1 is 1.08 bits per heavy atom. The van der Waals surface area contributed by atoms with Crippen LogP contribution in [0.25, 0.3) is 0 Å². The van der Waals surface area contributed by atoms with Gasteiger partial charge >= 0.3 is 0 Å². The van der Waals surface area contributed by atoms with Crippen LogP contribution in [0.1, 0.15) is 40.5 Å². The molecule has 1 nitrogen and oxygen atoms in total. The van der Waals surface area contributed by atoms with E-state index in [4.69, 9.17) is 0 Å². The van der Waals surface area contributed by atoms with Crippen molar-refractivity contribution in [3.05, 3.63) is 0 Å². The second kappa shape index (κ2) is 3.78. The molecule has 0 amide bonds. The van der Waals surface area contributed by atoms with Crippen molar-refractivity contribution in [1.82, 2.24) is 4.90 Å². The van der Waals surface area contributed by atoms with Gasteiger partial charge in [0.15, 0.2) is 0 Å². The fourth-order valence-electron chi connectivity index (χ4n) is 2.28. The standard InChI is InChI=1S/C11H23N/c1-8(2)11-6-9(3)12(5)10(4)7-11/h8-11H,6-7H2,1-5H3/t9-,10-/m1/s1. The first-order valence-corrected chi connectivity index (χ1v) is 5.24. The third-order valence-corrected chi connectivity index (χ3v) is 3.62. The SMILES string of the molecule is CC(C)C1C[C@@H](C)N(C)[C@H](C)C1. The molecule has 0 radical (unpaired) electrons. The Balaban J connectivity index is 2.53. The first-order valence-electron chi connectivity index (χ1n) is 5.24. The summed E-state index contributed by atoms with van der Waals surface area (Å²) in [5, 5.41) is 0. The van der Waals surface area contributed by atoms with Crippen LogP contribution in [-0.2, 0) is 0 Å². The summed E-state index contributed by atoms with van der Waals surface area (Å²) in [6, 6.07) is 1.56. The lowest BCUT2D eigenvalue weighted by molar-refractivity contribution is 0.0789. The summed E-state index contributed by atoms with van der Waals surface area (Å²) in [5.41, 5.74) is 0. The number of nitrogens with zero attached hydrogens (tertiary/aromatic N) is 1. The van der Waals surface area contributed by atoms with E-state index in [0.29, 0.717) is 0 Å². The van der Waals surface area contributed by atoms with Crippen LogP contribution in [0.2, 0.25) is 0 Å². The molecule has 0 aromatic carbocycles. The summed E-state index contributed by atoms with van der Waals surface area (Å²) in [6.07, 6.45) is 2.77. The van der Waals surface area contributed by atoms with Crippen molar-refractivity contribution in [3.63, 3.8) is 0 Å². The maximum atomic E-state index is 2.51. The van der Waals surface area contributed by atoms with Crippen LogP contribution in [-0.4, -0.2) is 24.0 Å². The molecule has 0 N–H and O–H groups in total. The molecule has 1 aliphatic heterocycles. The summed E-state index contributed by atoms with van der Waals surface area (Å²) in [6.45, 7) is 9.42. The molecule has 1 rings (SSSR count).